The first-order valence-electron chi connectivity index (χ1n) is 6.56. The van der Waals surface area contributed by atoms with Crippen LogP contribution in [0.4, 0.5) is 5.69 Å². The average molecular weight is 400 g/mol. The van der Waals surface area contributed by atoms with Gasteiger partial charge >= 0.3 is 5.97 Å². The Morgan fingerprint density at radius 3 is 2.88 bits per heavy atom. The summed E-state index contributed by atoms with van der Waals surface area (Å²) in [4.78, 5) is 30.6. The standard InChI is InChI=1S/C13H7Cl2N5O4S/c14-7-1-6(10(20(22)23)8(15)2-7)3-24-13(21)9-4-25-12(18-9)11-16-5-17-19-11/h1-2,4-5H,3H2,(H,16,17,19). The first kappa shape index (κ1) is 17.3. The number of ether oxygens (including phenoxy) is 1. The van der Waals surface area contributed by atoms with E-state index in [9.17, 15) is 14.9 Å². The molecule has 1 N–H and O–H groups in total. The lowest BCUT2D eigenvalue weighted by atomic mass is 10.2. The quantitative estimate of drug-likeness (QED) is 0.395. The highest BCUT2D eigenvalue weighted by atomic mass is 35.5. The van der Waals surface area contributed by atoms with Gasteiger partial charge in [0.05, 0.1) is 10.5 Å². The molecule has 0 aliphatic rings. The molecule has 3 rings (SSSR count). The van der Waals surface area contributed by atoms with E-state index in [4.69, 9.17) is 27.9 Å². The number of halogens is 2. The molecule has 0 aliphatic carbocycles. The van der Waals surface area contributed by atoms with Gasteiger partial charge < -0.3 is 4.74 Å². The van der Waals surface area contributed by atoms with Crippen LogP contribution in [0.5, 0.6) is 0 Å². The first-order chi connectivity index (χ1) is 12.0. The topological polar surface area (TPSA) is 124 Å². The molecular weight excluding hydrogens is 393 g/mol. The first-order valence-corrected chi connectivity index (χ1v) is 8.20. The zero-order chi connectivity index (χ0) is 18.0. The summed E-state index contributed by atoms with van der Waals surface area (Å²) in [7, 11) is 0. The van der Waals surface area contributed by atoms with Crippen molar-refractivity contribution in [2.24, 2.45) is 0 Å². The Labute approximate surface area is 153 Å². The number of aromatic amines is 1. The van der Waals surface area contributed by atoms with Crippen molar-refractivity contribution in [1.29, 1.82) is 0 Å². The van der Waals surface area contributed by atoms with E-state index in [-0.39, 0.29) is 33.6 Å². The summed E-state index contributed by atoms with van der Waals surface area (Å²) >= 11 is 12.8. The Bertz CT molecular complexity index is 944. The Balaban J connectivity index is 1.76. The third kappa shape index (κ3) is 3.76. The number of carbonyl (C=O) groups is 1. The summed E-state index contributed by atoms with van der Waals surface area (Å²) in [5.74, 6) is -0.325. The van der Waals surface area contributed by atoms with E-state index in [1.807, 2.05) is 0 Å². The number of thiazole rings is 1. The number of aromatic nitrogens is 4. The number of rotatable bonds is 5. The van der Waals surface area contributed by atoms with Crippen LogP contribution in [0.3, 0.4) is 0 Å². The summed E-state index contributed by atoms with van der Waals surface area (Å²) in [5.41, 5.74) is -0.229. The van der Waals surface area contributed by atoms with Gasteiger partial charge in [0.25, 0.3) is 5.69 Å². The van der Waals surface area contributed by atoms with Crippen molar-refractivity contribution in [2.75, 3.05) is 0 Å². The normalized spacial score (nSPS) is 10.6. The van der Waals surface area contributed by atoms with E-state index in [0.29, 0.717) is 10.8 Å². The minimum atomic E-state index is -0.743. The van der Waals surface area contributed by atoms with E-state index in [1.54, 1.807) is 0 Å². The number of nitro benzene ring substituents is 1. The van der Waals surface area contributed by atoms with Crippen LogP contribution in [0.1, 0.15) is 16.1 Å². The maximum atomic E-state index is 12.1. The molecule has 0 fully saturated rings. The van der Waals surface area contributed by atoms with Crippen LogP contribution in [0.2, 0.25) is 10.0 Å². The fraction of sp³-hybridized carbons (Fsp3) is 0.0769. The van der Waals surface area contributed by atoms with Crippen LogP contribution in [0.15, 0.2) is 23.8 Å². The average Bonchev–Trinajstić information content (AvgIpc) is 3.22. The maximum absolute atomic E-state index is 12.1. The van der Waals surface area contributed by atoms with Gasteiger partial charge in [0, 0.05) is 10.4 Å². The molecule has 2 heterocycles. The highest BCUT2D eigenvalue weighted by molar-refractivity contribution is 7.13. The van der Waals surface area contributed by atoms with E-state index < -0.39 is 10.9 Å². The van der Waals surface area contributed by atoms with Gasteiger partial charge in [-0.3, -0.25) is 15.2 Å². The minimum Gasteiger partial charge on any atom is -0.456 e. The molecule has 0 amide bonds. The van der Waals surface area contributed by atoms with E-state index >= 15 is 0 Å². The number of esters is 1. The number of nitro groups is 1. The molecule has 128 valence electrons. The lowest BCUT2D eigenvalue weighted by Crippen LogP contribution is -2.07. The zero-order valence-corrected chi connectivity index (χ0v) is 14.4. The number of H-pyrrole nitrogens is 1. The molecule has 0 saturated heterocycles. The van der Waals surface area contributed by atoms with Crippen LogP contribution in [-0.4, -0.2) is 31.1 Å². The van der Waals surface area contributed by atoms with Crippen molar-refractivity contribution in [3.8, 4) is 10.8 Å². The van der Waals surface area contributed by atoms with Crippen molar-refractivity contribution < 1.29 is 14.5 Å². The van der Waals surface area contributed by atoms with Crippen molar-refractivity contribution in [2.45, 2.75) is 6.61 Å². The number of nitrogens with zero attached hydrogens (tertiary/aromatic N) is 4. The molecule has 0 saturated carbocycles. The van der Waals surface area contributed by atoms with Gasteiger partial charge in [-0.15, -0.1) is 11.3 Å². The van der Waals surface area contributed by atoms with Gasteiger partial charge in [0.15, 0.2) is 16.5 Å². The fourth-order valence-electron chi connectivity index (χ4n) is 1.94. The Morgan fingerprint density at radius 1 is 1.40 bits per heavy atom. The molecule has 1 aromatic carbocycles. The molecule has 2 aromatic heterocycles. The van der Waals surface area contributed by atoms with Crippen LogP contribution >= 0.6 is 34.5 Å². The van der Waals surface area contributed by atoms with Crippen molar-refractivity contribution in [3.05, 3.63) is 55.3 Å². The van der Waals surface area contributed by atoms with Crippen molar-refractivity contribution in [1.82, 2.24) is 20.2 Å². The minimum absolute atomic E-state index is 0.0483. The van der Waals surface area contributed by atoms with E-state index in [0.717, 1.165) is 0 Å². The van der Waals surface area contributed by atoms with Crippen molar-refractivity contribution >= 4 is 46.2 Å². The second-order valence-electron chi connectivity index (χ2n) is 4.60. The highest BCUT2D eigenvalue weighted by Gasteiger charge is 2.22. The van der Waals surface area contributed by atoms with Gasteiger partial charge in [0.2, 0.25) is 0 Å². The van der Waals surface area contributed by atoms with Crippen LogP contribution in [0.25, 0.3) is 10.8 Å². The Kier molecular flexibility index (Phi) is 4.93. The van der Waals surface area contributed by atoms with Gasteiger partial charge in [-0.2, -0.15) is 5.10 Å². The zero-order valence-electron chi connectivity index (χ0n) is 12.1. The van der Waals surface area contributed by atoms with E-state index in [2.05, 4.69) is 20.2 Å². The lowest BCUT2D eigenvalue weighted by molar-refractivity contribution is -0.385. The van der Waals surface area contributed by atoms with Gasteiger partial charge in [-0.25, -0.2) is 14.8 Å². The second-order valence-corrected chi connectivity index (χ2v) is 6.30. The highest BCUT2D eigenvalue weighted by Crippen LogP contribution is 2.32. The molecule has 0 unspecified atom stereocenters. The molecule has 0 spiro atoms. The second kappa shape index (κ2) is 7.13. The molecule has 0 radical (unpaired) electrons. The monoisotopic (exact) mass is 399 g/mol. The Hall–Kier alpha value is -2.56. The third-order valence-corrected chi connectivity index (χ3v) is 4.33. The fourth-order valence-corrected chi connectivity index (χ4v) is 3.27. The van der Waals surface area contributed by atoms with Crippen LogP contribution in [0, 0.1) is 10.1 Å². The number of hydrogen-bond acceptors (Lipinski definition) is 8. The predicted octanol–water partition coefficient (Wildman–Crippen LogP) is 3.50. The van der Waals surface area contributed by atoms with Crippen molar-refractivity contribution in [3.63, 3.8) is 0 Å². The lowest BCUT2D eigenvalue weighted by Gasteiger charge is -2.06. The smallest absolute Gasteiger partial charge is 0.358 e. The molecule has 3 aromatic rings. The summed E-state index contributed by atoms with van der Waals surface area (Å²) < 4.78 is 5.08. The molecule has 0 bridgehead atoms. The molecule has 9 nitrogen and oxygen atoms in total. The number of benzene rings is 1. The molecule has 12 heteroatoms. The maximum Gasteiger partial charge on any atom is 0.358 e. The summed E-state index contributed by atoms with van der Waals surface area (Å²) in [6, 6.07) is 2.57. The van der Waals surface area contributed by atoms with E-state index in [1.165, 1.54) is 35.2 Å². The predicted molar refractivity (Wildman–Crippen MR) is 89.7 cm³/mol. The number of carbonyl (C=O) groups excluding carboxylic acids is 1. The van der Waals surface area contributed by atoms with Crippen LogP contribution < -0.4 is 0 Å². The molecule has 25 heavy (non-hydrogen) atoms. The van der Waals surface area contributed by atoms with Crippen LogP contribution in [-0.2, 0) is 11.3 Å². The summed E-state index contributed by atoms with van der Waals surface area (Å²) in [6.45, 7) is -0.370. The van der Waals surface area contributed by atoms with Gasteiger partial charge in [0.1, 0.15) is 18.0 Å². The summed E-state index contributed by atoms with van der Waals surface area (Å²) in [6.07, 6.45) is 1.32. The molecule has 0 atom stereocenters. The summed E-state index contributed by atoms with van der Waals surface area (Å²) in [5, 5.41) is 19.4. The molecule has 0 aliphatic heterocycles. The third-order valence-electron chi connectivity index (χ3n) is 2.98. The van der Waals surface area contributed by atoms with Gasteiger partial charge in [-0.1, -0.05) is 23.2 Å². The Morgan fingerprint density at radius 2 is 2.20 bits per heavy atom. The molecular formula is C13H7Cl2N5O4S. The number of hydrogen-bond donors (Lipinski definition) is 1. The SMILES string of the molecule is O=C(OCc1cc(Cl)cc(Cl)c1[N+](=O)[O-])c1csc(-c2ncn[nH]2)n1. The number of nitrogens with one attached hydrogen (secondary N) is 1. The van der Waals surface area contributed by atoms with Gasteiger partial charge in [-0.05, 0) is 12.1 Å². The largest absolute Gasteiger partial charge is 0.456 e.